The smallest absolute Gasteiger partial charge is 0.305 e. The maximum atomic E-state index is 12.7. The number of hydrogen-bond donors (Lipinski definition) is 0. The first-order valence-electron chi connectivity index (χ1n) is 6.20. The van der Waals surface area contributed by atoms with Gasteiger partial charge in [0.1, 0.15) is 0 Å². The molecule has 0 aliphatic rings. The molecule has 0 aromatic heterocycles. The van der Waals surface area contributed by atoms with Gasteiger partial charge in [0.25, 0.3) is 0 Å². The Morgan fingerprint density at radius 2 is 1.67 bits per heavy atom. The van der Waals surface area contributed by atoms with Crippen molar-refractivity contribution < 1.29 is 13.6 Å². The Kier molecular flexibility index (Phi) is 5.80. The Labute approximate surface area is 109 Å². The highest BCUT2D eigenvalue weighted by atomic mass is 31.2. The predicted molar refractivity (Wildman–Crippen MR) is 75.7 cm³/mol. The van der Waals surface area contributed by atoms with Crippen LogP contribution in [-0.2, 0) is 13.6 Å². The summed E-state index contributed by atoms with van der Waals surface area (Å²) >= 11 is 0. The summed E-state index contributed by atoms with van der Waals surface area (Å²) in [4.78, 5) is 0. The fourth-order valence-corrected chi connectivity index (χ4v) is 3.54. The molecule has 18 heavy (non-hydrogen) atoms. The minimum Gasteiger partial charge on any atom is -0.305 e. The van der Waals surface area contributed by atoms with Crippen LogP contribution < -0.4 is 0 Å². The van der Waals surface area contributed by atoms with E-state index in [1.807, 2.05) is 52.0 Å². The zero-order valence-corrected chi connectivity index (χ0v) is 12.4. The molecule has 0 bridgehead atoms. The summed E-state index contributed by atoms with van der Waals surface area (Å²) in [5.41, 5.74) is 2.05. The minimum absolute atomic E-state index is 0.362. The van der Waals surface area contributed by atoms with E-state index in [-0.39, 0.29) is 0 Å². The van der Waals surface area contributed by atoms with Crippen molar-refractivity contribution in [3.63, 3.8) is 0 Å². The molecule has 0 aliphatic heterocycles. The fraction of sp³-hybridized carbons (Fsp3) is 0.429. The van der Waals surface area contributed by atoms with Crippen LogP contribution >= 0.6 is 7.60 Å². The van der Waals surface area contributed by atoms with Gasteiger partial charge in [0, 0.05) is 0 Å². The maximum Gasteiger partial charge on any atom is 0.361 e. The van der Waals surface area contributed by atoms with Crippen LogP contribution in [-0.4, -0.2) is 13.2 Å². The average Bonchev–Trinajstić information content (AvgIpc) is 2.33. The van der Waals surface area contributed by atoms with E-state index in [0.29, 0.717) is 18.5 Å². The molecule has 0 fully saturated rings. The lowest BCUT2D eigenvalue weighted by Crippen LogP contribution is -1.98. The minimum atomic E-state index is -3.21. The molecule has 1 rings (SSSR count). The van der Waals surface area contributed by atoms with Crippen LogP contribution in [0.5, 0.6) is 0 Å². The second-order valence-electron chi connectivity index (χ2n) is 3.87. The van der Waals surface area contributed by atoms with Crippen molar-refractivity contribution in [3.8, 4) is 0 Å². The summed E-state index contributed by atoms with van der Waals surface area (Å²) in [6.07, 6.45) is 1.80. The van der Waals surface area contributed by atoms with Crippen LogP contribution in [0.4, 0.5) is 0 Å². The van der Waals surface area contributed by atoms with E-state index < -0.39 is 7.60 Å². The third-order valence-corrected chi connectivity index (χ3v) is 4.82. The Balaban J connectivity index is 3.15. The Bertz CT molecular complexity index is 439. The zero-order valence-electron chi connectivity index (χ0n) is 11.5. The van der Waals surface area contributed by atoms with Gasteiger partial charge < -0.3 is 9.05 Å². The van der Waals surface area contributed by atoms with E-state index in [0.717, 1.165) is 11.1 Å². The number of aryl methyl sites for hydroxylation is 1. The normalized spacial score (nSPS) is 12.8. The van der Waals surface area contributed by atoms with Crippen molar-refractivity contribution in [2.75, 3.05) is 13.2 Å². The Morgan fingerprint density at radius 1 is 1.17 bits per heavy atom. The second-order valence-corrected chi connectivity index (χ2v) is 5.87. The lowest BCUT2D eigenvalue weighted by atomic mass is 10.1. The van der Waals surface area contributed by atoms with Crippen molar-refractivity contribution in [1.82, 2.24) is 0 Å². The van der Waals surface area contributed by atoms with E-state index >= 15 is 0 Å². The summed E-state index contributed by atoms with van der Waals surface area (Å²) in [5.74, 6) is 0. The van der Waals surface area contributed by atoms with Gasteiger partial charge in [-0.05, 0) is 33.3 Å². The zero-order chi connectivity index (χ0) is 13.6. The van der Waals surface area contributed by atoms with E-state index in [2.05, 4.69) is 0 Å². The first kappa shape index (κ1) is 15.2. The Morgan fingerprint density at radius 3 is 2.06 bits per heavy atom. The van der Waals surface area contributed by atoms with Gasteiger partial charge in [-0.25, -0.2) is 0 Å². The SMILES string of the molecule is C/C=C(\c1ccc(C)cc1)P(=O)(OCC)OCC. The van der Waals surface area contributed by atoms with Crippen LogP contribution in [0.1, 0.15) is 31.9 Å². The van der Waals surface area contributed by atoms with Gasteiger partial charge >= 0.3 is 7.60 Å². The van der Waals surface area contributed by atoms with E-state index in [1.165, 1.54) is 0 Å². The second kappa shape index (κ2) is 6.89. The maximum absolute atomic E-state index is 12.7. The largest absolute Gasteiger partial charge is 0.361 e. The van der Waals surface area contributed by atoms with E-state index in [1.54, 1.807) is 6.08 Å². The molecular formula is C14H21O3P. The molecule has 3 nitrogen and oxygen atoms in total. The number of rotatable bonds is 6. The highest BCUT2D eigenvalue weighted by molar-refractivity contribution is 7.65. The molecule has 100 valence electrons. The number of allylic oxidation sites excluding steroid dienone is 1. The van der Waals surface area contributed by atoms with Crippen LogP contribution in [0.3, 0.4) is 0 Å². The summed E-state index contributed by atoms with van der Waals surface area (Å²) < 4.78 is 23.5. The number of hydrogen-bond acceptors (Lipinski definition) is 3. The lowest BCUT2D eigenvalue weighted by Gasteiger charge is -2.20. The Hall–Kier alpha value is -0.890. The summed E-state index contributed by atoms with van der Waals surface area (Å²) in [5, 5.41) is 0.631. The highest BCUT2D eigenvalue weighted by Gasteiger charge is 2.29. The summed E-state index contributed by atoms with van der Waals surface area (Å²) in [6.45, 7) is 8.22. The summed E-state index contributed by atoms with van der Waals surface area (Å²) in [6, 6.07) is 7.85. The lowest BCUT2D eigenvalue weighted by molar-refractivity contribution is 0.230. The van der Waals surface area contributed by atoms with Gasteiger partial charge in [0.2, 0.25) is 0 Å². The van der Waals surface area contributed by atoms with Gasteiger partial charge in [-0.3, -0.25) is 4.57 Å². The molecule has 0 N–H and O–H groups in total. The van der Waals surface area contributed by atoms with Crippen LogP contribution in [0.2, 0.25) is 0 Å². The molecule has 0 radical (unpaired) electrons. The standard InChI is InChI=1S/C14H21O3P/c1-5-14(13-10-8-12(4)9-11-13)18(15,16-6-2)17-7-3/h5,8-11H,6-7H2,1-4H3/b14-5+. The molecule has 0 unspecified atom stereocenters. The molecule has 0 aliphatic carbocycles. The molecule has 0 heterocycles. The molecule has 0 atom stereocenters. The van der Waals surface area contributed by atoms with Gasteiger partial charge in [-0.15, -0.1) is 0 Å². The molecule has 1 aromatic rings. The molecule has 4 heteroatoms. The first-order valence-corrected chi connectivity index (χ1v) is 7.74. The van der Waals surface area contributed by atoms with Crippen molar-refractivity contribution in [3.05, 3.63) is 41.5 Å². The van der Waals surface area contributed by atoms with Crippen LogP contribution in [0.15, 0.2) is 30.3 Å². The summed E-state index contributed by atoms with van der Waals surface area (Å²) in [7, 11) is -3.21. The van der Waals surface area contributed by atoms with E-state index in [4.69, 9.17) is 9.05 Å². The fourth-order valence-electron chi connectivity index (χ4n) is 1.72. The van der Waals surface area contributed by atoms with E-state index in [9.17, 15) is 4.57 Å². The number of benzene rings is 1. The van der Waals surface area contributed by atoms with Crippen LogP contribution in [0, 0.1) is 6.92 Å². The average molecular weight is 268 g/mol. The van der Waals surface area contributed by atoms with Gasteiger partial charge in [0.15, 0.2) is 0 Å². The van der Waals surface area contributed by atoms with Gasteiger partial charge in [-0.2, -0.15) is 0 Å². The topological polar surface area (TPSA) is 35.5 Å². The van der Waals surface area contributed by atoms with Crippen molar-refractivity contribution >= 4 is 12.9 Å². The predicted octanol–water partition coefficient (Wildman–Crippen LogP) is 4.62. The first-order chi connectivity index (χ1) is 8.57. The molecule has 0 spiro atoms. The van der Waals surface area contributed by atoms with Crippen LogP contribution in [0.25, 0.3) is 5.31 Å². The molecule has 0 saturated heterocycles. The van der Waals surface area contributed by atoms with Crippen molar-refractivity contribution in [1.29, 1.82) is 0 Å². The van der Waals surface area contributed by atoms with Gasteiger partial charge in [-0.1, -0.05) is 35.9 Å². The molecule has 1 aromatic carbocycles. The van der Waals surface area contributed by atoms with Crippen molar-refractivity contribution in [2.45, 2.75) is 27.7 Å². The molecule has 0 amide bonds. The monoisotopic (exact) mass is 268 g/mol. The highest BCUT2D eigenvalue weighted by Crippen LogP contribution is 2.60. The molecule has 0 saturated carbocycles. The molecular weight excluding hydrogens is 247 g/mol. The van der Waals surface area contributed by atoms with Gasteiger partial charge in [0.05, 0.1) is 18.5 Å². The third kappa shape index (κ3) is 3.55. The third-order valence-electron chi connectivity index (χ3n) is 2.51. The van der Waals surface area contributed by atoms with Crippen molar-refractivity contribution in [2.24, 2.45) is 0 Å². The quantitative estimate of drug-likeness (QED) is 0.706.